The van der Waals surface area contributed by atoms with Crippen molar-refractivity contribution in [2.24, 2.45) is 0 Å². The fraction of sp³-hybridized carbons (Fsp3) is 0.458. The summed E-state index contributed by atoms with van der Waals surface area (Å²) < 4.78 is 12.0. The third-order valence-corrected chi connectivity index (χ3v) is 6.31. The van der Waals surface area contributed by atoms with Crippen LogP contribution in [0.2, 0.25) is 5.02 Å². The number of nitrogens with zero attached hydrogens (tertiary/aromatic N) is 2. The maximum absolute atomic E-state index is 8.64. The fourth-order valence-electron chi connectivity index (χ4n) is 4.46. The number of amidine groups is 1. The lowest BCUT2D eigenvalue weighted by molar-refractivity contribution is -0.0139. The molecule has 0 aliphatic carbocycles. The number of morpholine rings is 1. The fourth-order valence-corrected chi connectivity index (χ4v) is 4.58. The standard InChI is InChI=1S/C24H30ClN3O2/c1-27(2)11-3-10-24(20-5-7-21(25)8-6-20)22-9-4-18(16-19(22)17-30-24)23(26)28-12-14-29-15-13-28/h4-9,16,26H,3,10-15,17H2,1-2H3. The predicted octanol–water partition coefficient (Wildman–Crippen LogP) is 4.11. The molecule has 0 bridgehead atoms. The average molecular weight is 428 g/mol. The van der Waals surface area contributed by atoms with Crippen LogP contribution in [-0.4, -0.2) is 62.6 Å². The lowest BCUT2D eigenvalue weighted by Crippen LogP contribution is -2.40. The highest BCUT2D eigenvalue weighted by molar-refractivity contribution is 6.30. The van der Waals surface area contributed by atoms with E-state index in [2.05, 4.69) is 54.2 Å². The third kappa shape index (κ3) is 4.26. The van der Waals surface area contributed by atoms with Gasteiger partial charge in [0.25, 0.3) is 0 Å². The molecular weight excluding hydrogens is 398 g/mol. The van der Waals surface area contributed by atoms with Crippen LogP contribution in [-0.2, 0) is 21.7 Å². The molecule has 160 valence electrons. The lowest BCUT2D eigenvalue weighted by Gasteiger charge is -2.32. The van der Waals surface area contributed by atoms with Crippen LogP contribution in [0.15, 0.2) is 42.5 Å². The molecule has 2 aromatic rings. The molecule has 30 heavy (non-hydrogen) atoms. The molecule has 6 heteroatoms. The summed E-state index contributed by atoms with van der Waals surface area (Å²) in [6.07, 6.45) is 1.93. The summed E-state index contributed by atoms with van der Waals surface area (Å²) in [4.78, 5) is 4.29. The van der Waals surface area contributed by atoms with Crippen LogP contribution >= 0.6 is 11.6 Å². The van der Waals surface area contributed by atoms with Crippen LogP contribution in [0, 0.1) is 5.41 Å². The smallest absolute Gasteiger partial charge is 0.128 e. The normalized spacial score (nSPS) is 21.1. The quantitative estimate of drug-likeness (QED) is 0.556. The third-order valence-electron chi connectivity index (χ3n) is 6.06. The number of rotatable bonds is 6. The second-order valence-corrected chi connectivity index (χ2v) is 8.79. The van der Waals surface area contributed by atoms with Crippen molar-refractivity contribution in [1.82, 2.24) is 9.80 Å². The average Bonchev–Trinajstić information content (AvgIpc) is 3.13. The molecule has 2 heterocycles. The van der Waals surface area contributed by atoms with Gasteiger partial charge in [0.05, 0.1) is 19.8 Å². The minimum atomic E-state index is -0.463. The number of nitrogens with one attached hydrogen (secondary N) is 1. The summed E-state index contributed by atoms with van der Waals surface area (Å²) in [6.45, 7) is 4.47. The van der Waals surface area contributed by atoms with Crippen molar-refractivity contribution in [2.75, 3.05) is 46.9 Å². The summed E-state index contributed by atoms with van der Waals surface area (Å²) in [5.41, 5.74) is 4.00. The molecule has 2 aliphatic rings. The van der Waals surface area contributed by atoms with Gasteiger partial charge in [0.1, 0.15) is 11.4 Å². The molecule has 1 N–H and O–H groups in total. The van der Waals surface area contributed by atoms with Gasteiger partial charge in [-0.1, -0.05) is 35.9 Å². The summed E-state index contributed by atoms with van der Waals surface area (Å²) in [5, 5.41) is 9.37. The molecule has 1 saturated heterocycles. The number of ether oxygens (including phenoxy) is 2. The highest BCUT2D eigenvalue weighted by Gasteiger charge is 2.41. The molecule has 2 aliphatic heterocycles. The zero-order chi connectivity index (χ0) is 21.1. The van der Waals surface area contributed by atoms with Gasteiger partial charge in [-0.05, 0) is 68.4 Å². The van der Waals surface area contributed by atoms with E-state index in [1.165, 1.54) is 11.1 Å². The first-order chi connectivity index (χ1) is 14.5. The van der Waals surface area contributed by atoms with Gasteiger partial charge in [-0.25, -0.2) is 0 Å². The van der Waals surface area contributed by atoms with Crippen LogP contribution in [0.3, 0.4) is 0 Å². The molecule has 1 unspecified atom stereocenters. The van der Waals surface area contributed by atoms with Crippen molar-refractivity contribution in [3.63, 3.8) is 0 Å². The topological polar surface area (TPSA) is 48.8 Å². The van der Waals surface area contributed by atoms with Crippen molar-refractivity contribution in [3.8, 4) is 0 Å². The first kappa shape index (κ1) is 21.3. The Hall–Kier alpha value is -1.92. The van der Waals surface area contributed by atoms with Crippen molar-refractivity contribution < 1.29 is 9.47 Å². The maximum atomic E-state index is 8.64. The van der Waals surface area contributed by atoms with Gasteiger partial charge in [0.15, 0.2) is 0 Å². The monoisotopic (exact) mass is 427 g/mol. The summed E-state index contributed by atoms with van der Waals surface area (Å²) >= 11 is 6.15. The van der Waals surface area contributed by atoms with E-state index in [1.54, 1.807) is 0 Å². The van der Waals surface area contributed by atoms with Crippen molar-refractivity contribution in [1.29, 1.82) is 5.41 Å². The van der Waals surface area contributed by atoms with E-state index < -0.39 is 5.60 Å². The van der Waals surface area contributed by atoms with Crippen LogP contribution in [0.1, 0.15) is 35.1 Å². The largest absolute Gasteiger partial charge is 0.378 e. The molecule has 0 saturated carbocycles. The van der Waals surface area contributed by atoms with E-state index in [-0.39, 0.29) is 0 Å². The Kier molecular flexibility index (Phi) is 6.44. The number of fused-ring (bicyclic) bond motifs is 1. The molecule has 1 fully saturated rings. The zero-order valence-corrected chi connectivity index (χ0v) is 18.5. The molecule has 2 aromatic carbocycles. The SMILES string of the molecule is CN(C)CCCC1(c2ccc(Cl)cc2)OCc2cc(C(=N)N3CCOCC3)ccc21. The molecule has 0 aromatic heterocycles. The Morgan fingerprint density at radius 3 is 2.57 bits per heavy atom. The molecule has 0 radical (unpaired) electrons. The van der Waals surface area contributed by atoms with E-state index in [0.717, 1.165) is 48.6 Å². The number of hydrogen-bond donors (Lipinski definition) is 1. The Labute approximate surface area is 184 Å². The molecule has 0 spiro atoms. The first-order valence-electron chi connectivity index (χ1n) is 10.6. The lowest BCUT2D eigenvalue weighted by atomic mass is 9.81. The van der Waals surface area contributed by atoms with Crippen LogP contribution in [0.5, 0.6) is 0 Å². The Bertz CT molecular complexity index is 894. The predicted molar refractivity (Wildman–Crippen MR) is 120 cm³/mol. The van der Waals surface area contributed by atoms with Crippen molar-refractivity contribution >= 4 is 17.4 Å². The Balaban J connectivity index is 1.65. The van der Waals surface area contributed by atoms with E-state index in [4.69, 9.17) is 26.5 Å². The van der Waals surface area contributed by atoms with Gasteiger partial charge in [-0.2, -0.15) is 0 Å². The molecule has 1 atom stereocenters. The van der Waals surface area contributed by atoms with Gasteiger partial charge in [0, 0.05) is 23.7 Å². The molecular formula is C24H30ClN3O2. The molecule has 5 nitrogen and oxygen atoms in total. The molecule has 0 amide bonds. The maximum Gasteiger partial charge on any atom is 0.128 e. The highest BCUT2D eigenvalue weighted by Crippen LogP contribution is 2.45. The second-order valence-electron chi connectivity index (χ2n) is 8.35. The number of benzene rings is 2. The van der Waals surface area contributed by atoms with Crippen molar-refractivity contribution in [3.05, 3.63) is 69.7 Å². The number of halogens is 1. The van der Waals surface area contributed by atoms with E-state index in [9.17, 15) is 0 Å². The van der Waals surface area contributed by atoms with Gasteiger partial charge in [-0.15, -0.1) is 0 Å². The summed E-state index contributed by atoms with van der Waals surface area (Å²) in [7, 11) is 4.20. The molecule has 4 rings (SSSR count). The van der Waals surface area contributed by atoms with Gasteiger partial charge in [-0.3, -0.25) is 5.41 Å². The first-order valence-corrected chi connectivity index (χ1v) is 11.0. The number of hydrogen-bond acceptors (Lipinski definition) is 4. The van der Waals surface area contributed by atoms with E-state index in [1.807, 2.05) is 12.1 Å². The van der Waals surface area contributed by atoms with Crippen LogP contribution in [0.4, 0.5) is 0 Å². The highest BCUT2D eigenvalue weighted by atomic mass is 35.5. The summed E-state index contributed by atoms with van der Waals surface area (Å²) in [5.74, 6) is 0.567. The van der Waals surface area contributed by atoms with E-state index >= 15 is 0 Å². The van der Waals surface area contributed by atoms with Crippen LogP contribution in [0.25, 0.3) is 0 Å². The Morgan fingerprint density at radius 2 is 1.87 bits per heavy atom. The summed E-state index contributed by atoms with van der Waals surface area (Å²) in [6, 6.07) is 14.4. The zero-order valence-electron chi connectivity index (χ0n) is 17.8. The minimum Gasteiger partial charge on any atom is -0.378 e. The Morgan fingerprint density at radius 1 is 1.13 bits per heavy atom. The van der Waals surface area contributed by atoms with Gasteiger partial charge >= 0.3 is 0 Å². The minimum absolute atomic E-state index is 0.463. The van der Waals surface area contributed by atoms with Crippen LogP contribution < -0.4 is 0 Å². The van der Waals surface area contributed by atoms with Crippen molar-refractivity contribution in [2.45, 2.75) is 25.0 Å². The van der Waals surface area contributed by atoms with E-state index in [0.29, 0.717) is 25.7 Å². The van der Waals surface area contributed by atoms with Gasteiger partial charge in [0.2, 0.25) is 0 Å². The second kappa shape index (κ2) is 9.06. The van der Waals surface area contributed by atoms with Gasteiger partial charge < -0.3 is 19.3 Å².